The average molecular weight is 187 g/mol. The molecule has 4 nitrogen and oxygen atoms in total. The van der Waals surface area contributed by atoms with E-state index in [9.17, 15) is 4.79 Å². The lowest BCUT2D eigenvalue weighted by Crippen LogP contribution is -2.21. The van der Waals surface area contributed by atoms with Gasteiger partial charge in [-0.25, -0.2) is 0 Å². The van der Waals surface area contributed by atoms with Crippen molar-refractivity contribution in [1.29, 1.82) is 0 Å². The molecule has 0 aliphatic carbocycles. The minimum absolute atomic E-state index is 0.223. The zero-order valence-electron chi connectivity index (χ0n) is 7.40. The number of benzene rings is 1. The third-order valence-corrected chi connectivity index (χ3v) is 1.93. The number of hydrogen-bond acceptors (Lipinski definition) is 3. The van der Waals surface area contributed by atoms with Crippen molar-refractivity contribution in [3.8, 4) is 0 Å². The minimum Gasteiger partial charge on any atom is -0.364 e. The molecule has 70 valence electrons. The fourth-order valence-corrected chi connectivity index (χ4v) is 1.21. The number of carbonyl (C=O) groups is 1. The molecule has 3 N–H and O–H groups in total. The Morgan fingerprint density at radius 3 is 2.86 bits per heavy atom. The zero-order chi connectivity index (χ0) is 9.97. The second kappa shape index (κ2) is 3.33. The van der Waals surface area contributed by atoms with Crippen LogP contribution >= 0.6 is 0 Å². The van der Waals surface area contributed by atoms with Gasteiger partial charge in [0.2, 0.25) is 0 Å². The highest BCUT2D eigenvalue weighted by molar-refractivity contribution is 6.43. The van der Waals surface area contributed by atoms with Gasteiger partial charge in [-0.15, -0.1) is 0 Å². The number of para-hydroxylation sites is 1. The zero-order valence-corrected chi connectivity index (χ0v) is 7.40. The van der Waals surface area contributed by atoms with Crippen molar-refractivity contribution >= 4 is 23.4 Å². The topological polar surface area (TPSA) is 67.5 Å². The van der Waals surface area contributed by atoms with E-state index in [4.69, 9.17) is 5.73 Å². The van der Waals surface area contributed by atoms with Crippen molar-refractivity contribution in [3.63, 3.8) is 0 Å². The Morgan fingerprint density at radius 2 is 2.07 bits per heavy atom. The van der Waals surface area contributed by atoms with E-state index in [2.05, 4.69) is 10.5 Å². The number of hydrazone groups is 1. The van der Waals surface area contributed by atoms with Gasteiger partial charge in [0.1, 0.15) is 5.71 Å². The van der Waals surface area contributed by atoms with Crippen LogP contribution in [-0.4, -0.2) is 11.6 Å². The lowest BCUT2D eigenvalue weighted by atomic mass is 10.1. The Bertz CT molecular complexity index is 435. The van der Waals surface area contributed by atoms with Crippen LogP contribution < -0.4 is 11.2 Å². The fraction of sp³-hybridized carbons (Fsp3) is 0. The van der Waals surface area contributed by atoms with Gasteiger partial charge >= 0.3 is 0 Å². The van der Waals surface area contributed by atoms with Gasteiger partial charge in [-0.2, -0.15) is 5.10 Å². The number of nitrogens with one attached hydrogen (secondary N) is 1. The number of fused-ring (bicyclic) bond motifs is 1. The highest BCUT2D eigenvalue weighted by atomic mass is 16.1. The smallest absolute Gasteiger partial charge is 0.269 e. The molecule has 1 aromatic carbocycles. The molecule has 2 rings (SSSR count). The van der Waals surface area contributed by atoms with Crippen LogP contribution in [0.2, 0.25) is 0 Å². The van der Waals surface area contributed by atoms with Crippen LogP contribution in [0.15, 0.2) is 35.4 Å². The van der Waals surface area contributed by atoms with Gasteiger partial charge in [0, 0.05) is 0 Å². The summed E-state index contributed by atoms with van der Waals surface area (Å²) in [6.45, 7) is 0. The summed E-state index contributed by atoms with van der Waals surface area (Å²) in [6, 6.07) is 7.62. The molecule has 0 spiro atoms. The SMILES string of the molecule is NC(=O)C1=NNc2ccccc2C=C1. The summed E-state index contributed by atoms with van der Waals surface area (Å²) in [5.74, 6) is -0.540. The summed E-state index contributed by atoms with van der Waals surface area (Å²) in [5.41, 5.74) is 9.96. The van der Waals surface area contributed by atoms with Crippen molar-refractivity contribution in [2.75, 3.05) is 5.43 Å². The molecule has 4 heteroatoms. The first-order valence-corrected chi connectivity index (χ1v) is 4.18. The lowest BCUT2D eigenvalue weighted by molar-refractivity contribution is -0.111. The molecule has 0 radical (unpaired) electrons. The van der Waals surface area contributed by atoms with Crippen LogP contribution in [0.25, 0.3) is 6.08 Å². The Labute approximate surface area is 81.1 Å². The molecule has 0 saturated heterocycles. The maximum atomic E-state index is 10.9. The van der Waals surface area contributed by atoms with Crippen LogP contribution in [0.5, 0.6) is 0 Å². The first kappa shape index (κ1) is 8.50. The van der Waals surface area contributed by atoms with Gasteiger partial charge in [0.05, 0.1) is 5.69 Å². The summed E-state index contributed by atoms with van der Waals surface area (Å²) in [5, 5.41) is 3.87. The number of carbonyl (C=O) groups excluding carboxylic acids is 1. The molecule has 0 aromatic heterocycles. The third-order valence-electron chi connectivity index (χ3n) is 1.93. The number of hydrogen-bond donors (Lipinski definition) is 2. The number of rotatable bonds is 1. The molecular weight excluding hydrogens is 178 g/mol. The molecule has 0 unspecified atom stereocenters. The molecule has 0 atom stereocenters. The van der Waals surface area contributed by atoms with Crippen molar-refractivity contribution in [3.05, 3.63) is 35.9 Å². The molecule has 14 heavy (non-hydrogen) atoms. The van der Waals surface area contributed by atoms with Crippen LogP contribution in [0.3, 0.4) is 0 Å². The number of primary amides is 1. The molecule has 1 amide bonds. The van der Waals surface area contributed by atoms with E-state index in [1.165, 1.54) is 0 Å². The van der Waals surface area contributed by atoms with Gasteiger partial charge in [-0.1, -0.05) is 24.3 Å². The molecule has 1 aliphatic heterocycles. The number of nitrogens with zero attached hydrogens (tertiary/aromatic N) is 1. The molecule has 1 aromatic rings. The average Bonchev–Trinajstić information content (AvgIpc) is 2.39. The highest BCUT2D eigenvalue weighted by Gasteiger charge is 2.07. The number of nitrogens with two attached hydrogens (primary N) is 1. The monoisotopic (exact) mass is 187 g/mol. The number of amides is 1. The van der Waals surface area contributed by atoms with Gasteiger partial charge in [-0.05, 0) is 17.7 Å². The van der Waals surface area contributed by atoms with Gasteiger partial charge in [-0.3, -0.25) is 10.2 Å². The normalized spacial score (nSPS) is 13.6. The van der Waals surface area contributed by atoms with E-state index in [1.54, 1.807) is 12.2 Å². The van der Waals surface area contributed by atoms with E-state index in [0.717, 1.165) is 11.3 Å². The Balaban J connectivity index is 2.41. The Morgan fingerprint density at radius 1 is 1.29 bits per heavy atom. The summed E-state index contributed by atoms with van der Waals surface area (Å²) < 4.78 is 0. The van der Waals surface area contributed by atoms with Gasteiger partial charge in [0.25, 0.3) is 5.91 Å². The fourth-order valence-electron chi connectivity index (χ4n) is 1.21. The summed E-state index contributed by atoms with van der Waals surface area (Å²) in [7, 11) is 0. The summed E-state index contributed by atoms with van der Waals surface area (Å²) in [4.78, 5) is 10.9. The lowest BCUT2D eigenvalue weighted by Gasteiger charge is -2.01. The largest absolute Gasteiger partial charge is 0.364 e. The maximum Gasteiger partial charge on any atom is 0.269 e. The highest BCUT2D eigenvalue weighted by Crippen LogP contribution is 2.18. The van der Waals surface area contributed by atoms with Crippen molar-refractivity contribution in [1.82, 2.24) is 0 Å². The Hall–Kier alpha value is -2.10. The van der Waals surface area contributed by atoms with E-state index < -0.39 is 5.91 Å². The molecule has 0 saturated carbocycles. The van der Waals surface area contributed by atoms with Crippen LogP contribution in [0.1, 0.15) is 5.56 Å². The van der Waals surface area contributed by atoms with E-state index in [0.29, 0.717) is 0 Å². The third kappa shape index (κ3) is 1.50. The standard InChI is InChI=1S/C10H9N3O/c11-10(14)9-6-5-7-3-1-2-4-8(7)12-13-9/h1-6,12H,(H2,11,14). The van der Waals surface area contributed by atoms with Gasteiger partial charge < -0.3 is 5.73 Å². The predicted molar refractivity (Wildman–Crippen MR) is 55.7 cm³/mol. The molecule has 0 bridgehead atoms. The van der Waals surface area contributed by atoms with Crippen molar-refractivity contribution < 1.29 is 4.79 Å². The second-order valence-electron chi connectivity index (χ2n) is 2.89. The van der Waals surface area contributed by atoms with Gasteiger partial charge in [0.15, 0.2) is 0 Å². The first-order chi connectivity index (χ1) is 6.77. The minimum atomic E-state index is -0.540. The van der Waals surface area contributed by atoms with Crippen molar-refractivity contribution in [2.24, 2.45) is 10.8 Å². The molecular formula is C10H9N3O. The van der Waals surface area contributed by atoms with Crippen molar-refractivity contribution in [2.45, 2.75) is 0 Å². The second-order valence-corrected chi connectivity index (χ2v) is 2.89. The molecule has 0 fully saturated rings. The van der Waals surface area contributed by atoms with E-state index in [1.807, 2.05) is 24.3 Å². The quantitative estimate of drug-likeness (QED) is 0.687. The van der Waals surface area contributed by atoms with Crippen LogP contribution in [0.4, 0.5) is 5.69 Å². The van der Waals surface area contributed by atoms with E-state index >= 15 is 0 Å². The van der Waals surface area contributed by atoms with Crippen LogP contribution in [-0.2, 0) is 4.79 Å². The Kier molecular flexibility index (Phi) is 2.02. The summed E-state index contributed by atoms with van der Waals surface area (Å²) >= 11 is 0. The van der Waals surface area contributed by atoms with Crippen LogP contribution in [0, 0.1) is 0 Å². The first-order valence-electron chi connectivity index (χ1n) is 4.18. The number of anilines is 1. The maximum absolute atomic E-state index is 10.9. The molecule has 1 aliphatic rings. The van der Waals surface area contributed by atoms with E-state index in [-0.39, 0.29) is 5.71 Å². The predicted octanol–water partition coefficient (Wildman–Crippen LogP) is 0.967. The molecule has 1 heterocycles. The summed E-state index contributed by atoms with van der Waals surface area (Å²) in [6.07, 6.45) is 3.40.